The molecular weight excluding hydrogens is 370 g/mol. The molecule has 4 heterocycles. The predicted molar refractivity (Wildman–Crippen MR) is 108 cm³/mol. The van der Waals surface area contributed by atoms with E-state index in [1.807, 2.05) is 30.3 Å². The number of benzene rings is 1. The van der Waals surface area contributed by atoms with Gasteiger partial charge < -0.3 is 9.32 Å². The molecule has 2 aliphatic rings. The van der Waals surface area contributed by atoms with Crippen molar-refractivity contribution in [1.29, 1.82) is 0 Å². The summed E-state index contributed by atoms with van der Waals surface area (Å²) in [6, 6.07) is 12.1. The molecule has 1 spiro atoms. The van der Waals surface area contributed by atoms with Crippen LogP contribution >= 0.6 is 11.3 Å². The Hall–Kier alpha value is -2.80. The molecule has 1 saturated heterocycles. The molecule has 2 fully saturated rings. The number of thiophene rings is 1. The minimum absolute atomic E-state index is 0.317. The molecule has 28 heavy (non-hydrogen) atoms. The van der Waals surface area contributed by atoms with Gasteiger partial charge in [-0.3, -0.25) is 0 Å². The lowest BCUT2D eigenvalue weighted by Gasteiger charge is -2.33. The summed E-state index contributed by atoms with van der Waals surface area (Å²) in [4.78, 5) is 12.4. The van der Waals surface area contributed by atoms with Crippen LogP contribution in [0.5, 0.6) is 0 Å². The normalized spacial score (nSPS) is 20.7. The number of hydrogen-bond acceptors (Lipinski definition) is 7. The van der Waals surface area contributed by atoms with Gasteiger partial charge in [-0.15, -0.1) is 21.5 Å². The number of piperidine rings is 1. The van der Waals surface area contributed by atoms with E-state index in [-0.39, 0.29) is 0 Å². The van der Waals surface area contributed by atoms with Gasteiger partial charge in [0.1, 0.15) is 17.0 Å². The predicted octanol–water partition coefficient (Wildman–Crippen LogP) is 4.52. The SMILES string of the molecule is c1ccc(-c2nnc([C@H]3CC34CCN(c3ncnc5sccc35)CC4)o2)cc1. The molecule has 0 bridgehead atoms. The highest BCUT2D eigenvalue weighted by Gasteiger charge is 2.58. The Morgan fingerprint density at radius 1 is 1.04 bits per heavy atom. The van der Waals surface area contributed by atoms with E-state index in [0.29, 0.717) is 17.2 Å². The summed E-state index contributed by atoms with van der Waals surface area (Å²) in [5.74, 6) is 2.89. The van der Waals surface area contributed by atoms with Crippen molar-refractivity contribution in [2.24, 2.45) is 5.41 Å². The first-order chi connectivity index (χ1) is 13.8. The number of hydrogen-bond donors (Lipinski definition) is 0. The Balaban J connectivity index is 1.18. The average Bonchev–Trinajstić information content (AvgIpc) is 3.13. The Morgan fingerprint density at radius 2 is 1.89 bits per heavy atom. The summed E-state index contributed by atoms with van der Waals surface area (Å²) < 4.78 is 6.02. The first-order valence-electron chi connectivity index (χ1n) is 9.64. The quantitative estimate of drug-likeness (QED) is 0.513. The van der Waals surface area contributed by atoms with E-state index >= 15 is 0 Å². The van der Waals surface area contributed by atoms with Crippen LogP contribution in [0.4, 0.5) is 5.82 Å². The van der Waals surface area contributed by atoms with Gasteiger partial charge in [0.25, 0.3) is 0 Å². The minimum Gasteiger partial charge on any atom is -0.420 e. The zero-order valence-electron chi connectivity index (χ0n) is 15.3. The van der Waals surface area contributed by atoms with Crippen molar-refractivity contribution in [3.8, 4) is 11.5 Å². The third kappa shape index (κ3) is 2.53. The van der Waals surface area contributed by atoms with Gasteiger partial charge >= 0.3 is 0 Å². The standard InChI is InChI=1S/C21H19N5OS/c1-2-4-14(5-3-1)18-24-25-19(27-18)16-12-21(16)7-9-26(10-8-21)17-15-6-11-28-20(15)23-13-22-17/h1-6,11,13,16H,7-10,12H2/t16-/m1/s1. The van der Waals surface area contributed by atoms with E-state index in [1.54, 1.807) is 17.7 Å². The highest BCUT2D eigenvalue weighted by molar-refractivity contribution is 7.16. The molecule has 1 saturated carbocycles. The van der Waals surface area contributed by atoms with Crippen LogP contribution in [0.2, 0.25) is 0 Å². The fourth-order valence-electron chi connectivity index (χ4n) is 4.52. The van der Waals surface area contributed by atoms with Gasteiger partial charge in [-0.1, -0.05) is 18.2 Å². The van der Waals surface area contributed by atoms with E-state index in [0.717, 1.165) is 54.5 Å². The van der Waals surface area contributed by atoms with E-state index in [2.05, 4.69) is 36.5 Å². The highest BCUT2D eigenvalue weighted by Crippen LogP contribution is 2.64. The Kier molecular flexibility index (Phi) is 3.53. The van der Waals surface area contributed by atoms with Crippen LogP contribution in [0.25, 0.3) is 21.7 Å². The Morgan fingerprint density at radius 3 is 2.75 bits per heavy atom. The zero-order chi connectivity index (χ0) is 18.6. The maximum Gasteiger partial charge on any atom is 0.247 e. The molecular formula is C21H19N5OS. The van der Waals surface area contributed by atoms with Gasteiger partial charge in [0.2, 0.25) is 11.8 Å². The fourth-order valence-corrected chi connectivity index (χ4v) is 5.24. The van der Waals surface area contributed by atoms with Crippen LogP contribution < -0.4 is 4.90 Å². The smallest absolute Gasteiger partial charge is 0.247 e. The summed E-state index contributed by atoms with van der Waals surface area (Å²) in [7, 11) is 0. The molecule has 3 aromatic heterocycles. The molecule has 0 unspecified atom stereocenters. The maximum atomic E-state index is 6.02. The van der Waals surface area contributed by atoms with Crippen LogP contribution in [-0.4, -0.2) is 33.3 Å². The van der Waals surface area contributed by atoms with Crippen molar-refractivity contribution in [1.82, 2.24) is 20.2 Å². The lowest BCUT2D eigenvalue weighted by Crippen LogP contribution is -2.35. The third-order valence-electron chi connectivity index (χ3n) is 6.25. The molecule has 1 aromatic carbocycles. The number of anilines is 1. The lowest BCUT2D eigenvalue weighted by atomic mass is 9.90. The summed E-state index contributed by atoms with van der Waals surface area (Å²) >= 11 is 1.67. The summed E-state index contributed by atoms with van der Waals surface area (Å²) in [6.07, 6.45) is 5.10. The zero-order valence-corrected chi connectivity index (χ0v) is 16.1. The first kappa shape index (κ1) is 16.2. The molecule has 140 valence electrons. The molecule has 1 aliphatic carbocycles. The molecule has 0 amide bonds. The second-order valence-electron chi connectivity index (χ2n) is 7.75. The van der Waals surface area contributed by atoms with Crippen molar-refractivity contribution >= 4 is 27.4 Å². The van der Waals surface area contributed by atoms with E-state index in [9.17, 15) is 0 Å². The summed E-state index contributed by atoms with van der Waals surface area (Å²) in [5.41, 5.74) is 1.30. The van der Waals surface area contributed by atoms with Crippen molar-refractivity contribution in [2.45, 2.75) is 25.2 Å². The van der Waals surface area contributed by atoms with Crippen LogP contribution in [0.15, 0.2) is 52.5 Å². The molecule has 1 aliphatic heterocycles. The van der Waals surface area contributed by atoms with Crippen LogP contribution in [0.3, 0.4) is 0 Å². The van der Waals surface area contributed by atoms with Crippen molar-refractivity contribution in [2.75, 3.05) is 18.0 Å². The van der Waals surface area contributed by atoms with Gasteiger partial charge in [0.05, 0.1) is 5.39 Å². The van der Waals surface area contributed by atoms with Gasteiger partial charge in [-0.2, -0.15) is 0 Å². The average molecular weight is 389 g/mol. The third-order valence-corrected chi connectivity index (χ3v) is 7.07. The molecule has 0 N–H and O–H groups in total. The van der Waals surface area contributed by atoms with Gasteiger partial charge in [-0.05, 0) is 48.3 Å². The highest BCUT2D eigenvalue weighted by atomic mass is 32.1. The minimum atomic E-state index is 0.317. The van der Waals surface area contributed by atoms with Gasteiger partial charge in [-0.25, -0.2) is 9.97 Å². The van der Waals surface area contributed by atoms with Crippen LogP contribution in [0, 0.1) is 5.41 Å². The Bertz CT molecular complexity index is 1130. The van der Waals surface area contributed by atoms with E-state index in [4.69, 9.17) is 4.42 Å². The number of rotatable bonds is 3. The maximum absolute atomic E-state index is 6.02. The lowest BCUT2D eigenvalue weighted by molar-refractivity contribution is 0.352. The number of nitrogens with zero attached hydrogens (tertiary/aromatic N) is 5. The first-order valence-corrected chi connectivity index (χ1v) is 10.5. The van der Waals surface area contributed by atoms with Crippen molar-refractivity contribution in [3.05, 3.63) is 54.0 Å². The van der Waals surface area contributed by atoms with Crippen LogP contribution in [0.1, 0.15) is 31.1 Å². The molecule has 1 atom stereocenters. The summed E-state index contributed by atoms with van der Waals surface area (Å²) in [6.45, 7) is 2.02. The molecule has 6 nitrogen and oxygen atoms in total. The molecule has 7 heteroatoms. The van der Waals surface area contributed by atoms with Crippen molar-refractivity contribution in [3.63, 3.8) is 0 Å². The molecule has 6 rings (SSSR count). The molecule has 0 radical (unpaired) electrons. The summed E-state index contributed by atoms with van der Waals surface area (Å²) in [5, 5.41) is 11.9. The van der Waals surface area contributed by atoms with Crippen LogP contribution in [-0.2, 0) is 0 Å². The molecule has 4 aromatic rings. The fraction of sp³-hybridized carbons (Fsp3) is 0.333. The monoisotopic (exact) mass is 389 g/mol. The number of fused-ring (bicyclic) bond motifs is 1. The van der Waals surface area contributed by atoms with Crippen molar-refractivity contribution < 1.29 is 4.42 Å². The Labute approximate surface area is 166 Å². The second kappa shape index (κ2) is 6.10. The number of aromatic nitrogens is 4. The largest absolute Gasteiger partial charge is 0.420 e. The topological polar surface area (TPSA) is 67.9 Å². The second-order valence-corrected chi connectivity index (χ2v) is 8.65. The van der Waals surface area contributed by atoms with E-state index < -0.39 is 0 Å². The van der Waals surface area contributed by atoms with Gasteiger partial charge in [0.15, 0.2) is 0 Å². The van der Waals surface area contributed by atoms with E-state index in [1.165, 1.54) is 5.39 Å². The van der Waals surface area contributed by atoms with Gasteiger partial charge in [0, 0.05) is 24.6 Å².